The van der Waals surface area contributed by atoms with Gasteiger partial charge in [0, 0.05) is 18.2 Å². The monoisotopic (exact) mass is 287 g/mol. The van der Waals surface area contributed by atoms with Crippen molar-refractivity contribution in [3.05, 3.63) is 35.1 Å². The lowest BCUT2D eigenvalue weighted by molar-refractivity contribution is 0.0734. The third-order valence-corrected chi connectivity index (χ3v) is 3.91. The summed E-state index contributed by atoms with van der Waals surface area (Å²) >= 11 is 0. The van der Waals surface area contributed by atoms with Crippen molar-refractivity contribution in [3.63, 3.8) is 0 Å². The van der Waals surface area contributed by atoms with Gasteiger partial charge in [-0.2, -0.15) is 0 Å². The Morgan fingerprint density at radius 3 is 2.71 bits per heavy atom. The molecule has 1 aromatic carbocycles. The van der Waals surface area contributed by atoms with Gasteiger partial charge in [-0.15, -0.1) is 0 Å². The van der Waals surface area contributed by atoms with Gasteiger partial charge in [0.1, 0.15) is 12.4 Å². The number of halogens is 1. The normalized spacial score (nSPS) is 17.0. The highest BCUT2D eigenvalue weighted by atomic mass is 19.1. The Kier molecular flexibility index (Phi) is 3.94. The van der Waals surface area contributed by atoms with Crippen molar-refractivity contribution in [2.75, 3.05) is 13.2 Å². The Morgan fingerprint density at radius 1 is 1.33 bits per heavy atom. The molecule has 110 valence electrons. The van der Waals surface area contributed by atoms with Gasteiger partial charge in [0.05, 0.1) is 5.56 Å². The van der Waals surface area contributed by atoms with E-state index >= 15 is 0 Å². The van der Waals surface area contributed by atoms with E-state index in [1.54, 1.807) is 0 Å². The lowest BCUT2D eigenvalue weighted by Crippen LogP contribution is -2.35. The summed E-state index contributed by atoms with van der Waals surface area (Å²) in [5.41, 5.74) is 0.792. The van der Waals surface area contributed by atoms with E-state index in [4.69, 9.17) is 5.11 Å². The third-order valence-electron chi connectivity index (χ3n) is 3.91. The minimum atomic E-state index is -0.422. The van der Waals surface area contributed by atoms with E-state index in [1.165, 1.54) is 31.0 Å². The Hall–Kier alpha value is -1.86. The molecule has 2 aliphatic carbocycles. The summed E-state index contributed by atoms with van der Waals surface area (Å²) in [4.78, 5) is 14.7. The smallest absolute Gasteiger partial charge is 0.255 e. The van der Waals surface area contributed by atoms with E-state index in [0.29, 0.717) is 23.1 Å². The van der Waals surface area contributed by atoms with Gasteiger partial charge < -0.3 is 10.0 Å². The van der Waals surface area contributed by atoms with E-state index in [-0.39, 0.29) is 12.5 Å². The molecular weight excluding hydrogens is 269 g/mol. The molecule has 1 N–H and O–H groups in total. The molecule has 21 heavy (non-hydrogen) atoms. The largest absolute Gasteiger partial charge is 0.384 e. The summed E-state index contributed by atoms with van der Waals surface area (Å²) in [5, 5.41) is 8.80. The minimum Gasteiger partial charge on any atom is -0.384 e. The molecular formula is C17H18FNO2. The summed E-state index contributed by atoms with van der Waals surface area (Å²) in [6.07, 6.45) is 4.49. The summed E-state index contributed by atoms with van der Waals surface area (Å²) in [5.74, 6) is 5.31. The molecule has 1 aromatic rings. The zero-order valence-corrected chi connectivity index (χ0v) is 11.8. The lowest BCUT2D eigenvalue weighted by atomic mass is 10.1. The van der Waals surface area contributed by atoms with Gasteiger partial charge in [0.25, 0.3) is 5.91 Å². The Bertz CT molecular complexity index is 609. The minimum absolute atomic E-state index is 0.0633. The standard InChI is InChI=1S/C17H18FNO2/c18-14-5-8-16(13(10-14)2-1-9-20)17(21)19(15-6-7-15)11-12-3-4-12/h5,8,10,12,15,20H,3-4,6-7,9,11H2. The van der Waals surface area contributed by atoms with Gasteiger partial charge >= 0.3 is 0 Å². The van der Waals surface area contributed by atoms with Crippen LogP contribution in [0.5, 0.6) is 0 Å². The molecule has 0 saturated heterocycles. The zero-order valence-electron chi connectivity index (χ0n) is 11.8. The van der Waals surface area contributed by atoms with Crippen LogP contribution in [0.25, 0.3) is 0 Å². The number of benzene rings is 1. The fourth-order valence-electron chi connectivity index (χ4n) is 2.46. The van der Waals surface area contributed by atoms with E-state index in [0.717, 1.165) is 19.4 Å². The van der Waals surface area contributed by atoms with Crippen LogP contribution in [0.4, 0.5) is 4.39 Å². The topological polar surface area (TPSA) is 40.5 Å². The summed E-state index contributed by atoms with van der Waals surface area (Å²) < 4.78 is 13.4. The summed E-state index contributed by atoms with van der Waals surface area (Å²) in [7, 11) is 0. The summed E-state index contributed by atoms with van der Waals surface area (Å²) in [6.45, 7) is 0.492. The highest BCUT2D eigenvalue weighted by Crippen LogP contribution is 2.35. The predicted molar refractivity (Wildman–Crippen MR) is 77.1 cm³/mol. The molecule has 0 heterocycles. The van der Waals surface area contributed by atoms with Crippen LogP contribution in [-0.4, -0.2) is 35.1 Å². The Balaban J connectivity index is 1.88. The van der Waals surface area contributed by atoms with Crippen LogP contribution in [0.15, 0.2) is 18.2 Å². The van der Waals surface area contributed by atoms with Crippen molar-refractivity contribution < 1.29 is 14.3 Å². The van der Waals surface area contributed by atoms with Crippen LogP contribution in [0, 0.1) is 23.6 Å². The van der Waals surface area contributed by atoms with Crippen molar-refractivity contribution in [3.8, 4) is 11.8 Å². The van der Waals surface area contributed by atoms with Crippen LogP contribution >= 0.6 is 0 Å². The van der Waals surface area contributed by atoms with Gasteiger partial charge in [0.2, 0.25) is 0 Å². The molecule has 3 nitrogen and oxygen atoms in total. The molecule has 2 aliphatic rings. The molecule has 0 unspecified atom stereocenters. The molecule has 0 atom stereocenters. The molecule has 0 aliphatic heterocycles. The fraction of sp³-hybridized carbons (Fsp3) is 0.471. The number of aliphatic hydroxyl groups excluding tert-OH is 1. The van der Waals surface area contributed by atoms with Crippen LogP contribution in [0.3, 0.4) is 0 Å². The highest BCUT2D eigenvalue weighted by molar-refractivity contribution is 5.97. The maximum Gasteiger partial charge on any atom is 0.255 e. The predicted octanol–water partition coefficient (Wildman–Crippen LogP) is 2.18. The van der Waals surface area contributed by atoms with Gasteiger partial charge in [-0.25, -0.2) is 4.39 Å². The SMILES string of the molecule is O=C(c1ccc(F)cc1C#CCO)N(CC1CC1)C1CC1. The van der Waals surface area contributed by atoms with Crippen molar-refractivity contribution in [1.82, 2.24) is 4.90 Å². The van der Waals surface area contributed by atoms with Crippen LogP contribution < -0.4 is 0 Å². The van der Waals surface area contributed by atoms with Gasteiger partial charge in [-0.1, -0.05) is 11.8 Å². The number of rotatable bonds is 4. The van der Waals surface area contributed by atoms with E-state index < -0.39 is 5.82 Å². The maximum absolute atomic E-state index is 13.4. The number of carbonyl (C=O) groups is 1. The van der Waals surface area contributed by atoms with Crippen molar-refractivity contribution in [2.45, 2.75) is 31.7 Å². The second kappa shape index (κ2) is 5.87. The molecule has 3 rings (SSSR count). The third kappa shape index (κ3) is 3.43. The van der Waals surface area contributed by atoms with E-state index in [2.05, 4.69) is 11.8 Å². The average molecular weight is 287 g/mol. The quantitative estimate of drug-likeness (QED) is 0.862. The maximum atomic E-state index is 13.4. The number of hydrogen-bond donors (Lipinski definition) is 1. The molecule has 0 radical (unpaired) electrons. The first kappa shape index (κ1) is 14.1. The first-order valence-corrected chi connectivity index (χ1v) is 7.39. The number of aliphatic hydroxyl groups is 1. The number of hydrogen-bond acceptors (Lipinski definition) is 2. The second-order valence-electron chi connectivity index (χ2n) is 5.78. The number of nitrogens with zero attached hydrogens (tertiary/aromatic N) is 1. The molecule has 4 heteroatoms. The lowest BCUT2D eigenvalue weighted by Gasteiger charge is -2.23. The van der Waals surface area contributed by atoms with E-state index in [9.17, 15) is 9.18 Å². The highest BCUT2D eigenvalue weighted by Gasteiger charge is 2.37. The van der Waals surface area contributed by atoms with Gasteiger partial charge in [-0.05, 0) is 49.8 Å². The molecule has 2 fully saturated rings. The Labute approximate surface area is 123 Å². The van der Waals surface area contributed by atoms with Crippen molar-refractivity contribution in [1.29, 1.82) is 0 Å². The first-order chi connectivity index (χ1) is 10.2. The first-order valence-electron chi connectivity index (χ1n) is 7.39. The average Bonchev–Trinajstić information content (AvgIpc) is 3.35. The van der Waals surface area contributed by atoms with E-state index in [1.807, 2.05) is 4.90 Å². The molecule has 2 saturated carbocycles. The summed E-state index contributed by atoms with van der Waals surface area (Å²) in [6, 6.07) is 4.39. The molecule has 0 aromatic heterocycles. The van der Waals surface area contributed by atoms with Gasteiger partial charge in [-0.3, -0.25) is 4.79 Å². The molecule has 0 spiro atoms. The van der Waals surface area contributed by atoms with Crippen LogP contribution in [0.1, 0.15) is 41.6 Å². The zero-order chi connectivity index (χ0) is 14.8. The van der Waals surface area contributed by atoms with Gasteiger partial charge in [0.15, 0.2) is 0 Å². The Morgan fingerprint density at radius 2 is 2.10 bits per heavy atom. The van der Waals surface area contributed by atoms with Crippen molar-refractivity contribution in [2.24, 2.45) is 5.92 Å². The van der Waals surface area contributed by atoms with Crippen LogP contribution in [-0.2, 0) is 0 Å². The van der Waals surface area contributed by atoms with Crippen LogP contribution in [0.2, 0.25) is 0 Å². The van der Waals surface area contributed by atoms with Crippen molar-refractivity contribution >= 4 is 5.91 Å². The fourth-order valence-corrected chi connectivity index (χ4v) is 2.46. The number of amides is 1. The molecule has 1 amide bonds. The second-order valence-corrected chi connectivity index (χ2v) is 5.78. The molecule has 0 bridgehead atoms. The number of carbonyl (C=O) groups excluding carboxylic acids is 1.